The molecule has 2 heterocycles. The molecule has 7 heteroatoms. The fourth-order valence-corrected chi connectivity index (χ4v) is 2.07. The van der Waals surface area contributed by atoms with Gasteiger partial charge in [0.15, 0.2) is 0 Å². The lowest BCUT2D eigenvalue weighted by atomic mass is 10.4. The van der Waals surface area contributed by atoms with Crippen LogP contribution in [0.3, 0.4) is 0 Å². The zero-order valence-electron chi connectivity index (χ0n) is 7.78. The molecule has 1 amide bonds. The molecule has 0 fully saturated rings. The summed E-state index contributed by atoms with van der Waals surface area (Å²) in [6, 6.07) is 4.93. The molecule has 0 aromatic carbocycles. The predicted molar refractivity (Wildman–Crippen MR) is 64.3 cm³/mol. The number of nitrogens with zero attached hydrogens (tertiary/aromatic N) is 2. The van der Waals surface area contributed by atoms with Crippen LogP contribution in [0.15, 0.2) is 23.6 Å². The molecule has 0 unspecified atom stereocenters. The minimum atomic E-state index is -0.249. The van der Waals surface area contributed by atoms with Crippen LogP contribution < -0.4 is 5.32 Å². The van der Waals surface area contributed by atoms with Crippen LogP contribution in [0, 0.1) is 0 Å². The Balaban J connectivity index is 2.18. The third-order valence-corrected chi connectivity index (χ3v) is 2.89. The number of rotatable bonds is 2. The van der Waals surface area contributed by atoms with Crippen molar-refractivity contribution >= 4 is 46.3 Å². The van der Waals surface area contributed by atoms with E-state index in [1.807, 2.05) is 5.38 Å². The molecule has 0 aliphatic carbocycles. The summed E-state index contributed by atoms with van der Waals surface area (Å²) < 4.78 is 0. The highest BCUT2D eigenvalue weighted by atomic mass is 35.5. The van der Waals surface area contributed by atoms with E-state index in [1.54, 1.807) is 12.1 Å². The molecule has 0 saturated heterocycles. The number of nitrogens with one attached hydrogen (secondary N) is 1. The van der Waals surface area contributed by atoms with E-state index in [-0.39, 0.29) is 22.2 Å². The maximum absolute atomic E-state index is 11.7. The van der Waals surface area contributed by atoms with Gasteiger partial charge in [0.1, 0.15) is 11.0 Å². The molecule has 2 aromatic rings. The van der Waals surface area contributed by atoms with Crippen LogP contribution >= 0.6 is 34.5 Å². The van der Waals surface area contributed by atoms with Gasteiger partial charge in [-0.2, -0.15) is 0 Å². The lowest BCUT2D eigenvalue weighted by molar-refractivity contribution is 0.103. The number of amides is 1. The lowest BCUT2D eigenvalue weighted by Gasteiger charge is -2.02. The van der Waals surface area contributed by atoms with Crippen molar-refractivity contribution in [2.75, 3.05) is 5.32 Å². The Kier molecular flexibility index (Phi) is 3.38. The van der Waals surface area contributed by atoms with Gasteiger partial charge in [0, 0.05) is 6.07 Å². The molecule has 82 valence electrons. The average molecular weight is 274 g/mol. The van der Waals surface area contributed by atoms with Crippen LogP contribution in [0.2, 0.25) is 10.4 Å². The van der Waals surface area contributed by atoms with Crippen molar-refractivity contribution in [1.29, 1.82) is 0 Å². The van der Waals surface area contributed by atoms with Gasteiger partial charge >= 0.3 is 0 Å². The van der Waals surface area contributed by atoms with Gasteiger partial charge in [-0.15, -0.1) is 11.3 Å². The fraction of sp³-hybridized carbons (Fsp3) is 0. The van der Waals surface area contributed by atoms with Gasteiger partial charge in [-0.3, -0.25) is 4.79 Å². The molecule has 0 radical (unpaired) electrons. The molecule has 2 aromatic heterocycles. The number of carbonyl (C=O) groups is 1. The summed E-state index contributed by atoms with van der Waals surface area (Å²) in [5, 5.41) is 4.57. The average Bonchev–Trinajstić information content (AvgIpc) is 2.68. The van der Waals surface area contributed by atoms with E-state index in [2.05, 4.69) is 15.3 Å². The van der Waals surface area contributed by atoms with Crippen molar-refractivity contribution < 1.29 is 4.79 Å². The van der Waals surface area contributed by atoms with Gasteiger partial charge in [-0.25, -0.2) is 9.97 Å². The summed E-state index contributed by atoms with van der Waals surface area (Å²) >= 11 is 12.6. The largest absolute Gasteiger partial charge is 0.306 e. The second kappa shape index (κ2) is 4.78. The zero-order chi connectivity index (χ0) is 11.5. The third kappa shape index (κ3) is 2.69. The molecule has 4 nitrogen and oxygen atoms in total. The Hall–Kier alpha value is -1.17. The smallest absolute Gasteiger partial charge is 0.266 e. The van der Waals surface area contributed by atoms with Crippen LogP contribution in [0.4, 0.5) is 5.82 Å². The van der Waals surface area contributed by atoms with Crippen molar-refractivity contribution in [2.24, 2.45) is 0 Å². The summed E-state index contributed by atoms with van der Waals surface area (Å²) in [4.78, 5) is 19.7. The highest BCUT2D eigenvalue weighted by Crippen LogP contribution is 2.16. The normalized spacial score (nSPS) is 10.1. The summed E-state index contributed by atoms with van der Waals surface area (Å²) in [5.41, 5.74) is 0. The molecule has 1 N–H and O–H groups in total. The highest BCUT2D eigenvalue weighted by Gasteiger charge is 2.09. The fourth-order valence-electron chi connectivity index (χ4n) is 1.04. The molecule has 0 bridgehead atoms. The second-order valence-corrected chi connectivity index (χ2v) is 4.45. The number of hydrogen-bond acceptors (Lipinski definition) is 4. The first-order valence-electron chi connectivity index (χ1n) is 4.20. The van der Waals surface area contributed by atoms with Crippen LogP contribution in [0.25, 0.3) is 0 Å². The Bertz CT molecular complexity index is 495. The summed E-state index contributed by atoms with van der Waals surface area (Å²) in [7, 11) is 0. The molecule has 0 spiro atoms. The molecule has 0 atom stereocenters. The minimum Gasteiger partial charge on any atom is -0.306 e. The number of thiophene rings is 1. The summed E-state index contributed by atoms with van der Waals surface area (Å²) in [5.74, 6) is 0.0317. The van der Waals surface area contributed by atoms with Crippen LogP contribution in [0.5, 0.6) is 0 Å². The van der Waals surface area contributed by atoms with Crippen LogP contribution in [-0.4, -0.2) is 15.9 Å². The van der Waals surface area contributed by atoms with E-state index in [1.165, 1.54) is 17.4 Å². The molecular weight excluding hydrogens is 269 g/mol. The van der Waals surface area contributed by atoms with Crippen LogP contribution in [-0.2, 0) is 0 Å². The first-order valence-corrected chi connectivity index (χ1v) is 5.83. The quantitative estimate of drug-likeness (QED) is 0.676. The van der Waals surface area contributed by atoms with Gasteiger partial charge in [0.2, 0.25) is 5.28 Å². The van der Waals surface area contributed by atoms with Gasteiger partial charge < -0.3 is 5.32 Å². The molecule has 0 aliphatic heterocycles. The number of anilines is 1. The van der Waals surface area contributed by atoms with E-state index in [0.29, 0.717) is 4.88 Å². The number of hydrogen-bond donors (Lipinski definition) is 1. The van der Waals surface area contributed by atoms with Crippen molar-refractivity contribution in [3.63, 3.8) is 0 Å². The lowest BCUT2D eigenvalue weighted by Crippen LogP contribution is -2.11. The maximum Gasteiger partial charge on any atom is 0.266 e. The monoisotopic (exact) mass is 273 g/mol. The zero-order valence-corrected chi connectivity index (χ0v) is 10.1. The summed E-state index contributed by atoms with van der Waals surface area (Å²) in [6.07, 6.45) is 0. The highest BCUT2D eigenvalue weighted by molar-refractivity contribution is 7.12. The maximum atomic E-state index is 11.7. The topological polar surface area (TPSA) is 54.9 Å². The van der Waals surface area contributed by atoms with E-state index >= 15 is 0 Å². The summed E-state index contributed by atoms with van der Waals surface area (Å²) in [6.45, 7) is 0. The molecule has 0 saturated carbocycles. The number of halogens is 2. The van der Waals surface area contributed by atoms with Crippen molar-refractivity contribution in [3.05, 3.63) is 38.9 Å². The van der Waals surface area contributed by atoms with Crippen molar-refractivity contribution in [2.45, 2.75) is 0 Å². The van der Waals surface area contributed by atoms with E-state index in [0.717, 1.165) is 0 Å². The standard InChI is InChI=1S/C9H5Cl2N3OS/c10-6-4-7(14-9(11)12-6)13-8(15)5-2-1-3-16-5/h1-4H,(H,12,13,14,15). The minimum absolute atomic E-state index is 0.00557. The Labute approximate surface area is 105 Å². The van der Waals surface area contributed by atoms with Gasteiger partial charge in [0.05, 0.1) is 4.88 Å². The first kappa shape index (κ1) is 11.3. The molecular formula is C9H5Cl2N3OS. The predicted octanol–water partition coefficient (Wildman–Crippen LogP) is 3.10. The van der Waals surface area contributed by atoms with Crippen LogP contribution in [0.1, 0.15) is 9.67 Å². The Morgan fingerprint density at radius 1 is 1.38 bits per heavy atom. The molecule has 16 heavy (non-hydrogen) atoms. The van der Waals surface area contributed by atoms with Crippen molar-refractivity contribution in [3.8, 4) is 0 Å². The first-order chi connectivity index (χ1) is 7.65. The third-order valence-electron chi connectivity index (χ3n) is 1.65. The van der Waals surface area contributed by atoms with Gasteiger partial charge in [-0.1, -0.05) is 17.7 Å². The SMILES string of the molecule is O=C(Nc1cc(Cl)nc(Cl)n1)c1cccs1. The Morgan fingerprint density at radius 3 is 2.81 bits per heavy atom. The molecule has 2 rings (SSSR count). The van der Waals surface area contributed by atoms with Gasteiger partial charge in [0.25, 0.3) is 5.91 Å². The number of aromatic nitrogens is 2. The van der Waals surface area contributed by atoms with E-state index in [4.69, 9.17) is 23.2 Å². The van der Waals surface area contributed by atoms with Gasteiger partial charge in [-0.05, 0) is 23.0 Å². The molecule has 0 aliphatic rings. The van der Waals surface area contributed by atoms with Crippen molar-refractivity contribution in [1.82, 2.24) is 9.97 Å². The van der Waals surface area contributed by atoms with E-state index < -0.39 is 0 Å². The second-order valence-electron chi connectivity index (χ2n) is 2.78. The Morgan fingerprint density at radius 2 is 2.19 bits per heavy atom. The van der Waals surface area contributed by atoms with E-state index in [9.17, 15) is 4.79 Å². The number of carbonyl (C=O) groups excluding carboxylic acids is 1.